The molecule has 1 aliphatic carbocycles. The average molecular weight is 259 g/mol. The van der Waals surface area contributed by atoms with Crippen LogP contribution in [0.15, 0.2) is 18.2 Å². The summed E-state index contributed by atoms with van der Waals surface area (Å²) in [6.07, 6.45) is 5.16. The Hall–Kier alpha value is -0.820. The zero-order chi connectivity index (χ0) is 14.0. The van der Waals surface area contributed by atoms with E-state index in [0.29, 0.717) is 5.41 Å². The Morgan fingerprint density at radius 2 is 1.89 bits per heavy atom. The van der Waals surface area contributed by atoms with Crippen molar-refractivity contribution >= 4 is 0 Å². The highest BCUT2D eigenvalue weighted by Crippen LogP contribution is 2.42. The highest BCUT2D eigenvalue weighted by Gasteiger charge is 2.33. The minimum absolute atomic E-state index is 0.496. The number of aryl methyl sites for hydroxylation is 2. The molecule has 1 fully saturated rings. The normalized spacial score (nSPS) is 26.4. The Labute approximate surface area is 118 Å². The topological polar surface area (TPSA) is 26.0 Å². The van der Waals surface area contributed by atoms with Crippen LogP contribution in [0.2, 0.25) is 0 Å². The Kier molecular flexibility index (Phi) is 4.35. The number of rotatable bonds is 3. The molecule has 0 aromatic heterocycles. The minimum Gasteiger partial charge on any atom is -0.330 e. The quantitative estimate of drug-likeness (QED) is 0.863. The third-order valence-corrected chi connectivity index (χ3v) is 5.05. The summed E-state index contributed by atoms with van der Waals surface area (Å²) in [5, 5.41) is 0. The van der Waals surface area contributed by atoms with Crippen LogP contribution < -0.4 is 5.73 Å². The van der Waals surface area contributed by atoms with E-state index in [0.717, 1.165) is 18.4 Å². The molecule has 0 radical (unpaired) electrons. The smallest absolute Gasteiger partial charge is 0.00461 e. The predicted molar refractivity (Wildman–Crippen MR) is 83.3 cm³/mol. The van der Waals surface area contributed by atoms with Gasteiger partial charge in [-0.15, -0.1) is 0 Å². The number of nitrogens with two attached hydrogens (primary N) is 1. The lowest BCUT2D eigenvalue weighted by molar-refractivity contribution is 0.121. The third kappa shape index (κ3) is 3.60. The van der Waals surface area contributed by atoms with E-state index in [1.807, 2.05) is 0 Å². The second-order valence-corrected chi connectivity index (χ2v) is 7.29. The molecule has 1 aromatic rings. The maximum absolute atomic E-state index is 5.99. The first-order valence-electron chi connectivity index (χ1n) is 7.67. The molecule has 1 aliphatic rings. The fourth-order valence-electron chi connectivity index (χ4n) is 3.57. The SMILES string of the molecule is Cc1ccc(CC2CC(C)(C)CCC2CN)cc1C. The van der Waals surface area contributed by atoms with Crippen LogP contribution in [0.1, 0.15) is 49.8 Å². The molecule has 0 saturated heterocycles. The molecule has 0 aliphatic heterocycles. The average Bonchev–Trinajstić information content (AvgIpc) is 2.33. The van der Waals surface area contributed by atoms with E-state index in [-0.39, 0.29) is 0 Å². The van der Waals surface area contributed by atoms with E-state index in [2.05, 4.69) is 45.9 Å². The molecule has 2 unspecified atom stereocenters. The first-order valence-corrected chi connectivity index (χ1v) is 7.67. The summed E-state index contributed by atoms with van der Waals surface area (Å²) >= 11 is 0. The van der Waals surface area contributed by atoms with Gasteiger partial charge in [0.05, 0.1) is 0 Å². The van der Waals surface area contributed by atoms with Crippen LogP contribution in [-0.4, -0.2) is 6.54 Å². The van der Waals surface area contributed by atoms with Crippen molar-refractivity contribution in [3.05, 3.63) is 34.9 Å². The summed E-state index contributed by atoms with van der Waals surface area (Å²) in [5.74, 6) is 1.48. The van der Waals surface area contributed by atoms with Crippen molar-refractivity contribution in [2.24, 2.45) is 23.0 Å². The van der Waals surface area contributed by atoms with Crippen molar-refractivity contribution in [1.82, 2.24) is 0 Å². The Morgan fingerprint density at radius 1 is 1.16 bits per heavy atom. The van der Waals surface area contributed by atoms with E-state index < -0.39 is 0 Å². The fourth-order valence-corrected chi connectivity index (χ4v) is 3.57. The highest BCUT2D eigenvalue weighted by molar-refractivity contribution is 5.30. The highest BCUT2D eigenvalue weighted by atomic mass is 14.6. The molecule has 19 heavy (non-hydrogen) atoms. The first-order chi connectivity index (χ1) is 8.91. The van der Waals surface area contributed by atoms with E-state index in [1.165, 1.54) is 42.4 Å². The molecular formula is C18H29N. The second kappa shape index (κ2) is 5.66. The molecular weight excluding hydrogens is 230 g/mol. The van der Waals surface area contributed by atoms with Crippen molar-refractivity contribution in [3.63, 3.8) is 0 Å². The van der Waals surface area contributed by atoms with Crippen LogP contribution in [0.25, 0.3) is 0 Å². The zero-order valence-corrected chi connectivity index (χ0v) is 13.0. The molecule has 0 heterocycles. The Morgan fingerprint density at radius 3 is 2.53 bits per heavy atom. The van der Waals surface area contributed by atoms with Crippen molar-refractivity contribution < 1.29 is 0 Å². The lowest BCUT2D eigenvalue weighted by Gasteiger charge is -2.40. The molecule has 1 nitrogen and oxygen atoms in total. The number of hydrogen-bond donors (Lipinski definition) is 1. The number of hydrogen-bond acceptors (Lipinski definition) is 1. The van der Waals surface area contributed by atoms with Gasteiger partial charge in [-0.25, -0.2) is 0 Å². The van der Waals surface area contributed by atoms with Gasteiger partial charge in [0.1, 0.15) is 0 Å². The van der Waals surface area contributed by atoms with Crippen LogP contribution >= 0.6 is 0 Å². The van der Waals surface area contributed by atoms with Gasteiger partial charge in [-0.1, -0.05) is 32.0 Å². The monoisotopic (exact) mass is 259 g/mol. The van der Waals surface area contributed by atoms with Crippen molar-refractivity contribution in [1.29, 1.82) is 0 Å². The molecule has 1 saturated carbocycles. The van der Waals surface area contributed by atoms with Gasteiger partial charge in [0.25, 0.3) is 0 Å². The maximum Gasteiger partial charge on any atom is -0.00461 e. The van der Waals surface area contributed by atoms with Gasteiger partial charge in [-0.05, 0) is 80.0 Å². The molecule has 106 valence electrons. The van der Waals surface area contributed by atoms with Crippen molar-refractivity contribution in [2.45, 2.75) is 53.4 Å². The van der Waals surface area contributed by atoms with Gasteiger partial charge < -0.3 is 5.73 Å². The van der Waals surface area contributed by atoms with Gasteiger partial charge in [-0.2, -0.15) is 0 Å². The molecule has 0 amide bonds. The van der Waals surface area contributed by atoms with E-state index in [4.69, 9.17) is 5.73 Å². The summed E-state index contributed by atoms with van der Waals surface area (Å²) in [5.41, 5.74) is 10.8. The fraction of sp³-hybridized carbons (Fsp3) is 0.667. The van der Waals surface area contributed by atoms with Gasteiger partial charge >= 0.3 is 0 Å². The summed E-state index contributed by atoms with van der Waals surface area (Å²) in [6, 6.07) is 6.93. The van der Waals surface area contributed by atoms with Crippen LogP contribution in [0.4, 0.5) is 0 Å². The van der Waals surface area contributed by atoms with Gasteiger partial charge in [0.15, 0.2) is 0 Å². The Bertz CT molecular complexity index is 433. The summed E-state index contributed by atoms with van der Waals surface area (Å²) in [4.78, 5) is 0. The molecule has 1 aromatic carbocycles. The van der Waals surface area contributed by atoms with Gasteiger partial charge in [0, 0.05) is 0 Å². The Balaban J connectivity index is 2.12. The van der Waals surface area contributed by atoms with Crippen molar-refractivity contribution in [2.75, 3.05) is 6.54 Å². The lowest BCUT2D eigenvalue weighted by Crippen LogP contribution is -2.35. The van der Waals surface area contributed by atoms with Gasteiger partial charge in [-0.3, -0.25) is 0 Å². The molecule has 0 bridgehead atoms. The minimum atomic E-state index is 0.496. The predicted octanol–water partition coefficient (Wildman–Crippen LogP) is 4.25. The first kappa shape index (κ1) is 14.6. The molecule has 0 spiro atoms. The summed E-state index contributed by atoms with van der Waals surface area (Å²) in [7, 11) is 0. The van der Waals surface area contributed by atoms with Crippen LogP contribution in [-0.2, 0) is 6.42 Å². The second-order valence-electron chi connectivity index (χ2n) is 7.29. The molecule has 2 atom stereocenters. The van der Waals surface area contributed by atoms with Gasteiger partial charge in [0.2, 0.25) is 0 Å². The van der Waals surface area contributed by atoms with E-state index in [1.54, 1.807) is 0 Å². The van der Waals surface area contributed by atoms with E-state index in [9.17, 15) is 0 Å². The maximum atomic E-state index is 5.99. The lowest BCUT2D eigenvalue weighted by atomic mass is 9.65. The molecule has 2 rings (SSSR count). The zero-order valence-electron chi connectivity index (χ0n) is 13.0. The summed E-state index contributed by atoms with van der Waals surface area (Å²) < 4.78 is 0. The number of benzene rings is 1. The largest absolute Gasteiger partial charge is 0.330 e. The molecule has 1 heteroatoms. The van der Waals surface area contributed by atoms with Crippen LogP contribution in [0.5, 0.6) is 0 Å². The molecule has 2 N–H and O–H groups in total. The van der Waals surface area contributed by atoms with Crippen LogP contribution in [0, 0.1) is 31.1 Å². The summed E-state index contributed by atoms with van der Waals surface area (Å²) in [6.45, 7) is 10.1. The van der Waals surface area contributed by atoms with E-state index >= 15 is 0 Å². The third-order valence-electron chi connectivity index (χ3n) is 5.05. The standard InChI is InChI=1S/C18H29N/c1-13-5-6-15(9-14(13)2)10-17-11-18(3,4)8-7-16(17)12-19/h5-6,9,16-17H,7-8,10-12,19H2,1-4H3. The van der Waals surface area contributed by atoms with Crippen LogP contribution in [0.3, 0.4) is 0 Å². The van der Waals surface area contributed by atoms with Crippen molar-refractivity contribution in [3.8, 4) is 0 Å².